The third kappa shape index (κ3) is 1.69. The van der Waals surface area contributed by atoms with Crippen molar-refractivity contribution >= 4 is 11.6 Å². The summed E-state index contributed by atoms with van der Waals surface area (Å²) in [5, 5.41) is 11.7. The zero-order chi connectivity index (χ0) is 16.2. The molecule has 0 aliphatic carbocycles. The Morgan fingerprint density at radius 2 is 2.09 bits per heavy atom. The maximum Gasteiger partial charge on any atom is 0.349 e. The van der Waals surface area contributed by atoms with Gasteiger partial charge in [0.1, 0.15) is 5.60 Å². The molecule has 0 radical (unpaired) electrons. The van der Waals surface area contributed by atoms with Crippen molar-refractivity contribution in [3.8, 4) is 0 Å². The lowest BCUT2D eigenvalue weighted by atomic mass is 9.73. The first-order chi connectivity index (χ1) is 11.0. The highest BCUT2D eigenvalue weighted by Crippen LogP contribution is 2.59. The number of anilines is 1. The number of ether oxygens (including phenoxy) is 1. The number of rotatable bonds is 4. The fourth-order valence-corrected chi connectivity index (χ4v) is 4.38. The van der Waals surface area contributed by atoms with Gasteiger partial charge in [-0.2, -0.15) is 0 Å². The third-order valence-electron chi connectivity index (χ3n) is 5.31. The Balaban J connectivity index is 1.76. The van der Waals surface area contributed by atoms with Crippen LogP contribution in [-0.4, -0.2) is 28.7 Å². The summed E-state index contributed by atoms with van der Waals surface area (Å²) in [5.41, 5.74) is -1.58. The van der Waals surface area contributed by atoms with Crippen LogP contribution in [0, 0.1) is 22.0 Å². The summed E-state index contributed by atoms with van der Waals surface area (Å²) in [6.45, 7) is 2.32. The molecule has 1 aromatic carbocycles. The molecule has 4 unspecified atom stereocenters. The molecule has 3 aliphatic heterocycles. The van der Waals surface area contributed by atoms with E-state index in [4.69, 9.17) is 4.74 Å². The molecule has 0 aromatic heterocycles. The quantitative estimate of drug-likeness (QED) is 0.486. The van der Waals surface area contributed by atoms with Crippen molar-refractivity contribution in [2.45, 2.75) is 31.1 Å². The zero-order valence-corrected chi connectivity index (χ0v) is 12.8. The molecule has 3 aliphatic rings. The second-order valence-electron chi connectivity index (χ2n) is 6.53. The molecule has 4 rings (SSSR count). The highest BCUT2D eigenvalue weighted by molar-refractivity contribution is 6.00. The molecule has 3 heterocycles. The number of benzene rings is 1. The van der Waals surface area contributed by atoms with Crippen molar-refractivity contribution < 1.29 is 14.5 Å². The van der Waals surface area contributed by atoms with Gasteiger partial charge in [-0.05, 0) is 24.6 Å². The molecule has 1 aromatic rings. The first kappa shape index (κ1) is 14.4. The Morgan fingerprint density at radius 3 is 2.74 bits per heavy atom. The van der Waals surface area contributed by atoms with Crippen LogP contribution in [0.25, 0.3) is 0 Å². The predicted octanol–water partition coefficient (Wildman–Crippen LogP) is 2.38. The average Bonchev–Trinajstić information content (AvgIpc) is 3.16. The number of hydrogen-bond acceptors (Lipinski definition) is 4. The van der Waals surface area contributed by atoms with E-state index in [1.807, 2.05) is 37.3 Å². The maximum atomic E-state index is 13.0. The molecule has 2 saturated heterocycles. The number of amides is 1. The zero-order valence-electron chi connectivity index (χ0n) is 12.8. The van der Waals surface area contributed by atoms with E-state index in [9.17, 15) is 14.9 Å². The lowest BCUT2D eigenvalue weighted by molar-refractivity contribution is -0.616. The number of para-hydroxylation sites is 1. The van der Waals surface area contributed by atoms with Crippen molar-refractivity contribution in [2.24, 2.45) is 11.8 Å². The Kier molecular flexibility index (Phi) is 2.90. The van der Waals surface area contributed by atoms with E-state index in [0.29, 0.717) is 13.0 Å². The molecular weight excluding hydrogens is 296 g/mol. The van der Waals surface area contributed by atoms with Crippen molar-refractivity contribution in [3.05, 3.63) is 52.6 Å². The van der Waals surface area contributed by atoms with Crippen molar-refractivity contribution in [3.63, 3.8) is 0 Å². The van der Waals surface area contributed by atoms with Gasteiger partial charge in [-0.1, -0.05) is 31.5 Å². The fourth-order valence-electron chi connectivity index (χ4n) is 4.38. The third-order valence-corrected chi connectivity index (χ3v) is 5.31. The Hall–Kier alpha value is -2.21. The smallest absolute Gasteiger partial charge is 0.309 e. The molecule has 0 saturated carbocycles. The average molecular weight is 314 g/mol. The minimum Gasteiger partial charge on any atom is -0.309 e. The van der Waals surface area contributed by atoms with Crippen LogP contribution in [0.4, 0.5) is 5.69 Å². The van der Waals surface area contributed by atoms with E-state index in [1.165, 1.54) is 0 Å². The highest BCUT2D eigenvalue weighted by atomic mass is 16.7. The monoisotopic (exact) mass is 314 g/mol. The van der Waals surface area contributed by atoms with Gasteiger partial charge in [-0.3, -0.25) is 19.6 Å². The van der Waals surface area contributed by atoms with Gasteiger partial charge in [-0.25, -0.2) is 0 Å². The fraction of sp³-hybridized carbons (Fsp3) is 0.471. The van der Waals surface area contributed by atoms with Gasteiger partial charge in [0.05, 0.1) is 23.3 Å². The van der Waals surface area contributed by atoms with Gasteiger partial charge < -0.3 is 4.90 Å². The van der Waals surface area contributed by atoms with Crippen LogP contribution in [0.1, 0.15) is 19.8 Å². The Bertz CT molecular complexity index is 704. The topological polar surface area (TPSA) is 72.7 Å². The van der Waals surface area contributed by atoms with Crippen LogP contribution in [0.15, 0.2) is 42.5 Å². The molecule has 0 N–H and O–H groups in total. The predicted molar refractivity (Wildman–Crippen MR) is 83.4 cm³/mol. The Labute approximate surface area is 133 Å². The number of nitrogens with zero attached hydrogens (tertiary/aromatic N) is 2. The first-order valence-electron chi connectivity index (χ1n) is 7.95. The molecule has 2 bridgehead atoms. The number of carbonyl (C=O) groups excluding carboxylic acids is 1. The van der Waals surface area contributed by atoms with Gasteiger partial charge in [0.15, 0.2) is 0 Å². The van der Waals surface area contributed by atoms with Gasteiger partial charge >= 0.3 is 5.72 Å². The first-order valence-corrected chi connectivity index (χ1v) is 7.95. The van der Waals surface area contributed by atoms with Gasteiger partial charge in [0.25, 0.3) is 0 Å². The van der Waals surface area contributed by atoms with Crippen LogP contribution < -0.4 is 4.90 Å². The standard InChI is InChI=1S/C17H18N2O4/c1-2-6-13-14-15(20)18(12-7-4-3-5-8-12)11-16(14)9-10-17(13,23-16)19(21)22/h3-5,7-10,13-14H,2,6,11H2,1H3. The summed E-state index contributed by atoms with van der Waals surface area (Å²) in [7, 11) is 0. The summed E-state index contributed by atoms with van der Waals surface area (Å²) < 4.78 is 5.95. The Morgan fingerprint density at radius 1 is 1.35 bits per heavy atom. The summed E-state index contributed by atoms with van der Waals surface area (Å²) in [6, 6.07) is 9.41. The molecular formula is C17H18N2O4. The lowest BCUT2D eigenvalue weighted by Crippen LogP contribution is -2.45. The molecule has 120 valence electrons. The summed E-state index contributed by atoms with van der Waals surface area (Å²) >= 11 is 0. The van der Waals surface area contributed by atoms with E-state index < -0.39 is 23.2 Å². The number of hydrogen-bond donors (Lipinski definition) is 0. The van der Waals surface area contributed by atoms with E-state index in [0.717, 1.165) is 12.1 Å². The largest absolute Gasteiger partial charge is 0.349 e. The normalized spacial score (nSPS) is 37.4. The van der Waals surface area contributed by atoms with Crippen LogP contribution in [0.2, 0.25) is 0 Å². The van der Waals surface area contributed by atoms with Crippen LogP contribution in [-0.2, 0) is 9.53 Å². The van der Waals surface area contributed by atoms with E-state index in [1.54, 1.807) is 17.1 Å². The van der Waals surface area contributed by atoms with Crippen LogP contribution in [0.5, 0.6) is 0 Å². The second kappa shape index (κ2) is 4.64. The number of nitro groups is 1. The minimum absolute atomic E-state index is 0.0669. The summed E-state index contributed by atoms with van der Waals surface area (Å²) in [6.07, 6.45) is 4.69. The maximum absolute atomic E-state index is 13.0. The summed E-state index contributed by atoms with van der Waals surface area (Å²) in [4.78, 5) is 26.0. The van der Waals surface area contributed by atoms with Gasteiger partial charge in [0.2, 0.25) is 5.91 Å². The van der Waals surface area contributed by atoms with Gasteiger partial charge in [0, 0.05) is 11.8 Å². The molecule has 4 atom stereocenters. The second-order valence-corrected chi connectivity index (χ2v) is 6.53. The number of carbonyl (C=O) groups is 1. The van der Waals surface area contributed by atoms with Crippen molar-refractivity contribution in [1.29, 1.82) is 0 Å². The molecule has 23 heavy (non-hydrogen) atoms. The lowest BCUT2D eigenvalue weighted by Gasteiger charge is -2.26. The number of fused-ring (bicyclic) bond motifs is 1. The molecule has 1 amide bonds. The van der Waals surface area contributed by atoms with Crippen molar-refractivity contribution in [2.75, 3.05) is 11.4 Å². The SMILES string of the molecule is CCCC1C2C(=O)N(c3ccccc3)CC23C=CC1([N+](=O)[O-])O3. The summed E-state index contributed by atoms with van der Waals surface area (Å²) in [5.74, 6) is -0.950. The van der Waals surface area contributed by atoms with Gasteiger partial charge in [-0.15, -0.1) is 0 Å². The van der Waals surface area contributed by atoms with Crippen molar-refractivity contribution in [1.82, 2.24) is 0 Å². The van der Waals surface area contributed by atoms with E-state index in [2.05, 4.69) is 0 Å². The highest BCUT2D eigenvalue weighted by Gasteiger charge is 2.76. The molecule has 1 spiro atoms. The molecule has 6 heteroatoms. The minimum atomic E-state index is -1.53. The molecule has 2 fully saturated rings. The van der Waals surface area contributed by atoms with Crippen LogP contribution in [0.3, 0.4) is 0 Å². The van der Waals surface area contributed by atoms with E-state index in [-0.39, 0.29) is 10.8 Å². The van der Waals surface area contributed by atoms with E-state index >= 15 is 0 Å². The molecule has 6 nitrogen and oxygen atoms in total. The van der Waals surface area contributed by atoms with Crippen LogP contribution >= 0.6 is 0 Å².